The average molecular weight is 411 g/mol. The summed E-state index contributed by atoms with van der Waals surface area (Å²) in [5.41, 5.74) is 4.92. The highest BCUT2D eigenvalue weighted by Gasteiger charge is 2.11. The third kappa shape index (κ3) is 4.44. The molecule has 3 aromatic rings. The van der Waals surface area contributed by atoms with Crippen molar-refractivity contribution in [1.29, 1.82) is 0 Å². The van der Waals surface area contributed by atoms with E-state index in [0.717, 1.165) is 46.6 Å². The number of aromatic amines is 1. The Balaban J connectivity index is 0.00000131. The summed E-state index contributed by atoms with van der Waals surface area (Å²) < 4.78 is 10.3. The Bertz CT molecular complexity index is 946. The minimum atomic E-state index is -0.558. The molecule has 0 unspecified atom stereocenters. The van der Waals surface area contributed by atoms with Gasteiger partial charge in [-0.2, -0.15) is 0 Å². The molecule has 7 nitrogen and oxygen atoms in total. The van der Waals surface area contributed by atoms with E-state index in [0.29, 0.717) is 12.6 Å². The minimum absolute atomic E-state index is 0. The number of H-pyrrole nitrogens is 1. The van der Waals surface area contributed by atoms with E-state index in [1.165, 1.54) is 7.11 Å². The molecular weight excluding hydrogens is 391 g/mol. The molecule has 4 rings (SSSR count). The van der Waals surface area contributed by atoms with E-state index in [9.17, 15) is 4.79 Å². The predicted octanol–water partition coefficient (Wildman–Crippen LogP) is 3.73. The van der Waals surface area contributed by atoms with Crippen LogP contribution in [0.15, 0.2) is 36.4 Å². The minimum Gasteiger partial charge on any atom is -0.492 e. The first-order valence-corrected chi connectivity index (χ1v) is 8.04. The van der Waals surface area contributed by atoms with Crippen molar-refractivity contribution in [2.75, 3.05) is 25.6 Å². The van der Waals surface area contributed by atoms with Crippen molar-refractivity contribution < 1.29 is 14.3 Å². The summed E-state index contributed by atoms with van der Waals surface area (Å²) in [5.74, 6) is 1.29. The normalized spacial score (nSPS) is 12.6. The lowest BCUT2D eigenvalue weighted by atomic mass is 10.0. The van der Waals surface area contributed by atoms with Crippen LogP contribution in [-0.4, -0.2) is 36.3 Å². The van der Waals surface area contributed by atoms with E-state index in [1.54, 1.807) is 0 Å². The fraction of sp³-hybridized carbons (Fsp3) is 0.222. The van der Waals surface area contributed by atoms with Crippen molar-refractivity contribution >= 4 is 47.9 Å². The van der Waals surface area contributed by atoms with Gasteiger partial charge in [-0.3, -0.25) is 5.32 Å². The van der Waals surface area contributed by atoms with Crippen LogP contribution < -0.4 is 15.4 Å². The number of anilines is 1. The SMILES string of the molecule is COC(=O)Nc1nc2ccc(-c3ccc4c(c3)CNCCO4)cc2[nH]1.Cl.Cl. The first-order valence-electron chi connectivity index (χ1n) is 8.04. The van der Waals surface area contributed by atoms with E-state index in [4.69, 9.17) is 4.74 Å². The van der Waals surface area contributed by atoms with E-state index >= 15 is 0 Å². The smallest absolute Gasteiger partial charge is 0.413 e. The van der Waals surface area contributed by atoms with E-state index in [1.807, 2.05) is 24.3 Å². The number of rotatable bonds is 2. The van der Waals surface area contributed by atoms with Crippen molar-refractivity contribution in [3.63, 3.8) is 0 Å². The van der Waals surface area contributed by atoms with Crippen LogP contribution >= 0.6 is 24.8 Å². The van der Waals surface area contributed by atoms with Gasteiger partial charge in [0.1, 0.15) is 12.4 Å². The standard InChI is InChI=1S/C18H18N4O3.2ClH/c1-24-18(23)22-17-20-14-4-2-12(9-15(14)21-17)11-3-5-16-13(8-11)10-19-6-7-25-16;;/h2-5,8-9,19H,6-7,10H2,1H3,(H2,20,21,22,23);2*1H. The Labute approximate surface area is 168 Å². The molecule has 0 bridgehead atoms. The second kappa shape index (κ2) is 8.94. The summed E-state index contributed by atoms with van der Waals surface area (Å²) in [6, 6.07) is 12.1. The molecule has 0 radical (unpaired) electrons. The summed E-state index contributed by atoms with van der Waals surface area (Å²) in [4.78, 5) is 18.7. The van der Waals surface area contributed by atoms with Crippen LogP contribution in [0.1, 0.15) is 5.56 Å². The molecule has 1 aliphatic rings. The van der Waals surface area contributed by atoms with Crippen LogP contribution in [-0.2, 0) is 11.3 Å². The molecule has 1 amide bonds. The summed E-state index contributed by atoms with van der Waals surface area (Å²) >= 11 is 0. The third-order valence-electron chi connectivity index (χ3n) is 4.13. The molecule has 1 aliphatic heterocycles. The van der Waals surface area contributed by atoms with Crippen molar-refractivity contribution in [3.05, 3.63) is 42.0 Å². The average Bonchev–Trinajstić information content (AvgIpc) is 2.87. The second-order valence-electron chi connectivity index (χ2n) is 5.78. The second-order valence-corrected chi connectivity index (χ2v) is 5.78. The monoisotopic (exact) mass is 410 g/mol. The Kier molecular flexibility index (Phi) is 6.90. The third-order valence-corrected chi connectivity index (χ3v) is 4.13. The van der Waals surface area contributed by atoms with Crippen LogP contribution in [0.3, 0.4) is 0 Å². The van der Waals surface area contributed by atoms with Gasteiger partial charge in [0.15, 0.2) is 0 Å². The van der Waals surface area contributed by atoms with Crippen molar-refractivity contribution in [3.8, 4) is 16.9 Å². The van der Waals surface area contributed by atoms with E-state index in [-0.39, 0.29) is 24.8 Å². The van der Waals surface area contributed by atoms with E-state index in [2.05, 4.69) is 37.5 Å². The number of aromatic nitrogens is 2. The highest BCUT2D eigenvalue weighted by Crippen LogP contribution is 2.29. The highest BCUT2D eigenvalue weighted by molar-refractivity contribution is 5.88. The maximum atomic E-state index is 11.3. The maximum Gasteiger partial charge on any atom is 0.413 e. The van der Waals surface area contributed by atoms with Gasteiger partial charge in [-0.25, -0.2) is 9.78 Å². The lowest BCUT2D eigenvalue weighted by molar-refractivity contribution is 0.186. The number of nitrogens with one attached hydrogen (secondary N) is 3. The summed E-state index contributed by atoms with van der Waals surface area (Å²) in [5, 5.41) is 5.88. The van der Waals surface area contributed by atoms with Gasteiger partial charge < -0.3 is 19.8 Å². The number of hydrogen-bond donors (Lipinski definition) is 3. The predicted molar refractivity (Wildman–Crippen MR) is 109 cm³/mol. The summed E-state index contributed by atoms with van der Waals surface area (Å²) in [6.07, 6.45) is -0.558. The number of imidazole rings is 1. The Morgan fingerprint density at radius 3 is 2.78 bits per heavy atom. The molecular formula is C18H20Cl2N4O3. The fourth-order valence-corrected chi connectivity index (χ4v) is 2.89. The van der Waals surface area contributed by atoms with Gasteiger partial charge in [0, 0.05) is 18.7 Å². The van der Waals surface area contributed by atoms with Gasteiger partial charge >= 0.3 is 6.09 Å². The summed E-state index contributed by atoms with van der Waals surface area (Å²) in [7, 11) is 1.31. The van der Waals surface area contributed by atoms with Crippen LogP contribution in [0.25, 0.3) is 22.2 Å². The van der Waals surface area contributed by atoms with Gasteiger partial charge in [0.25, 0.3) is 0 Å². The lowest BCUT2D eigenvalue weighted by Crippen LogP contribution is -2.16. The number of carbonyl (C=O) groups excluding carboxylic acids is 1. The van der Waals surface area contributed by atoms with Gasteiger partial charge in [-0.15, -0.1) is 24.8 Å². The van der Waals surface area contributed by atoms with Gasteiger partial charge in [-0.05, 0) is 35.4 Å². The molecule has 0 saturated heterocycles. The number of fused-ring (bicyclic) bond motifs is 2. The molecule has 9 heteroatoms. The molecule has 0 spiro atoms. The summed E-state index contributed by atoms with van der Waals surface area (Å²) in [6.45, 7) is 2.32. The molecule has 0 fully saturated rings. The highest BCUT2D eigenvalue weighted by atomic mass is 35.5. The topological polar surface area (TPSA) is 88.3 Å². The van der Waals surface area contributed by atoms with Gasteiger partial charge in [0.05, 0.1) is 18.1 Å². The number of benzene rings is 2. The zero-order chi connectivity index (χ0) is 17.2. The molecule has 3 N–H and O–H groups in total. The molecule has 0 saturated carbocycles. The largest absolute Gasteiger partial charge is 0.492 e. The molecule has 2 aromatic carbocycles. The van der Waals surface area contributed by atoms with Gasteiger partial charge in [-0.1, -0.05) is 12.1 Å². The molecule has 0 aliphatic carbocycles. The number of methoxy groups -OCH3 is 1. The molecule has 144 valence electrons. The zero-order valence-electron chi connectivity index (χ0n) is 14.6. The van der Waals surface area contributed by atoms with Crippen molar-refractivity contribution in [1.82, 2.24) is 15.3 Å². The number of halogens is 2. The molecule has 2 heterocycles. The van der Waals surface area contributed by atoms with Crippen molar-refractivity contribution in [2.24, 2.45) is 0 Å². The number of hydrogen-bond acceptors (Lipinski definition) is 5. The lowest BCUT2D eigenvalue weighted by Gasteiger charge is -2.09. The molecule has 27 heavy (non-hydrogen) atoms. The zero-order valence-corrected chi connectivity index (χ0v) is 16.2. The first-order chi connectivity index (χ1) is 12.2. The number of amides is 1. The number of nitrogens with zero attached hydrogens (tertiary/aromatic N) is 1. The van der Waals surface area contributed by atoms with Gasteiger partial charge in [0.2, 0.25) is 5.95 Å². The first kappa shape index (κ1) is 20.8. The van der Waals surface area contributed by atoms with E-state index < -0.39 is 6.09 Å². The maximum absolute atomic E-state index is 11.3. The number of ether oxygens (including phenoxy) is 2. The quantitative estimate of drug-likeness (QED) is 0.598. The molecule has 1 aromatic heterocycles. The van der Waals surface area contributed by atoms with Crippen LogP contribution in [0.5, 0.6) is 5.75 Å². The fourth-order valence-electron chi connectivity index (χ4n) is 2.89. The van der Waals surface area contributed by atoms with Crippen LogP contribution in [0.4, 0.5) is 10.7 Å². The Hall–Kier alpha value is -2.48. The Morgan fingerprint density at radius 1 is 1.19 bits per heavy atom. The molecule has 0 atom stereocenters. The van der Waals surface area contributed by atoms with Crippen molar-refractivity contribution in [2.45, 2.75) is 6.54 Å². The van der Waals surface area contributed by atoms with Crippen LogP contribution in [0.2, 0.25) is 0 Å². The Morgan fingerprint density at radius 2 is 1.96 bits per heavy atom. The van der Waals surface area contributed by atoms with Crippen LogP contribution in [0, 0.1) is 0 Å². The number of carbonyl (C=O) groups is 1.